The molecule has 1 heterocycles. The minimum absolute atomic E-state index is 0.0548. The van der Waals surface area contributed by atoms with Crippen LogP contribution < -0.4 is 10.6 Å². The van der Waals surface area contributed by atoms with Crippen LogP contribution in [-0.2, 0) is 43.9 Å². The first-order valence-corrected chi connectivity index (χ1v) is 19.2. The van der Waals surface area contributed by atoms with E-state index in [-0.39, 0.29) is 43.6 Å². The molecule has 1 fully saturated rings. The van der Waals surface area contributed by atoms with E-state index in [4.69, 9.17) is 28.8 Å². The Morgan fingerprint density at radius 2 is 1.55 bits per heavy atom. The van der Waals surface area contributed by atoms with Crippen LogP contribution in [0.2, 0.25) is 0 Å². The van der Waals surface area contributed by atoms with E-state index in [2.05, 4.69) is 10.6 Å². The molecule has 0 bridgehead atoms. The van der Waals surface area contributed by atoms with E-state index < -0.39 is 78.2 Å². The first-order valence-electron chi connectivity index (χ1n) is 19.2. The van der Waals surface area contributed by atoms with Gasteiger partial charge in [-0.1, -0.05) is 72.8 Å². The SMILES string of the molecule is C[C@H](O)[C@@H](NC(=O)C1=C[C@H]2OC(c3ccccc3)(c3ccccc3)O[C@H]2[C@H](OC(=O)c2ccc(C=COCCO)cc2)C1)C(=O)N[C@H](CO)CCC(=O)OC(C)(C)C. The third-order valence-corrected chi connectivity index (χ3v) is 9.39. The quantitative estimate of drug-likeness (QED) is 0.0756. The second kappa shape index (κ2) is 19.9. The molecule has 0 saturated carbocycles. The number of ether oxygens (including phenoxy) is 5. The van der Waals surface area contributed by atoms with Gasteiger partial charge in [-0.15, -0.1) is 0 Å². The predicted molar refractivity (Wildman–Crippen MR) is 212 cm³/mol. The van der Waals surface area contributed by atoms with Crippen molar-refractivity contribution in [3.05, 3.63) is 125 Å². The summed E-state index contributed by atoms with van der Waals surface area (Å²) in [5.41, 5.74) is 1.72. The number of aliphatic hydroxyl groups excluding tert-OH is 3. The number of hydrogen-bond donors (Lipinski definition) is 5. The molecule has 0 radical (unpaired) electrons. The van der Waals surface area contributed by atoms with E-state index in [0.717, 1.165) is 5.56 Å². The zero-order valence-corrected chi connectivity index (χ0v) is 33.0. The highest BCUT2D eigenvalue weighted by molar-refractivity contribution is 5.98. The van der Waals surface area contributed by atoms with E-state index >= 15 is 0 Å². The molecule has 310 valence electrons. The summed E-state index contributed by atoms with van der Waals surface area (Å²) in [6.07, 6.45) is 0.334. The number of esters is 2. The Bertz CT molecular complexity index is 1870. The fourth-order valence-electron chi connectivity index (χ4n) is 6.60. The van der Waals surface area contributed by atoms with Gasteiger partial charge in [0, 0.05) is 29.5 Å². The maximum absolute atomic E-state index is 14.0. The van der Waals surface area contributed by atoms with Gasteiger partial charge in [0.05, 0.1) is 37.2 Å². The van der Waals surface area contributed by atoms with Crippen molar-refractivity contribution in [2.75, 3.05) is 19.8 Å². The van der Waals surface area contributed by atoms with Crippen LogP contribution in [0.15, 0.2) is 103 Å². The summed E-state index contributed by atoms with van der Waals surface area (Å²) in [6.45, 7) is 6.04. The molecule has 2 amide bonds. The largest absolute Gasteiger partial charge is 0.499 e. The average Bonchev–Trinajstić information content (AvgIpc) is 3.61. The molecule has 5 rings (SSSR count). The van der Waals surface area contributed by atoms with Crippen LogP contribution in [0.25, 0.3) is 6.08 Å². The second-order valence-electron chi connectivity index (χ2n) is 15.1. The fraction of sp³-hybridized carbons (Fsp3) is 0.409. The smallest absolute Gasteiger partial charge is 0.338 e. The molecule has 14 heteroatoms. The topological polar surface area (TPSA) is 199 Å². The van der Waals surface area contributed by atoms with Crippen LogP contribution in [-0.4, -0.2) is 101 Å². The van der Waals surface area contributed by atoms with Gasteiger partial charge in [-0.05, 0) is 64.0 Å². The third-order valence-electron chi connectivity index (χ3n) is 9.39. The van der Waals surface area contributed by atoms with Gasteiger partial charge in [-0.25, -0.2) is 4.79 Å². The summed E-state index contributed by atoms with van der Waals surface area (Å²) in [4.78, 5) is 53.4. The number of aliphatic hydroxyl groups is 3. The predicted octanol–water partition coefficient (Wildman–Crippen LogP) is 3.67. The summed E-state index contributed by atoms with van der Waals surface area (Å²) in [5.74, 6) is -4.14. The van der Waals surface area contributed by atoms with Gasteiger partial charge in [0.2, 0.25) is 17.6 Å². The molecule has 1 saturated heterocycles. The standard InChI is InChI=1S/C44H52N2O12/c1-28(49)38(41(52)45-34(27-48)19-20-37(50)57-43(2,3)4)46-40(51)31-25-35(55-42(53)30-17-15-29(16-18-30)21-23-54-24-22-47)39-36(26-31)56-44(58-39,32-11-7-5-8-12-32)33-13-9-6-10-14-33/h5-18,21,23,26,28,34-36,38-39,47-49H,19-20,22,24-25,27H2,1-4H3,(H,45,52)(H,46,51)/t28-,34-,35+,36+,38+,39-/m0/s1. The van der Waals surface area contributed by atoms with Gasteiger partial charge in [-0.3, -0.25) is 14.4 Å². The van der Waals surface area contributed by atoms with Crippen LogP contribution in [0.1, 0.15) is 74.0 Å². The summed E-state index contributed by atoms with van der Waals surface area (Å²) in [5, 5.41) is 34.7. The Morgan fingerprint density at radius 1 is 0.914 bits per heavy atom. The van der Waals surface area contributed by atoms with Gasteiger partial charge >= 0.3 is 11.9 Å². The molecule has 6 atom stereocenters. The third kappa shape index (κ3) is 11.4. The van der Waals surface area contributed by atoms with Crippen molar-refractivity contribution in [1.82, 2.24) is 10.6 Å². The minimum Gasteiger partial charge on any atom is -0.499 e. The van der Waals surface area contributed by atoms with Gasteiger partial charge in [-0.2, -0.15) is 0 Å². The van der Waals surface area contributed by atoms with Crippen LogP contribution in [0.4, 0.5) is 0 Å². The highest BCUT2D eigenvalue weighted by Gasteiger charge is 2.55. The molecule has 0 unspecified atom stereocenters. The molecular formula is C44H52N2O12. The molecule has 3 aromatic rings. The highest BCUT2D eigenvalue weighted by atomic mass is 16.8. The van der Waals surface area contributed by atoms with Gasteiger partial charge < -0.3 is 49.6 Å². The fourth-order valence-corrected chi connectivity index (χ4v) is 6.60. The lowest BCUT2D eigenvalue weighted by atomic mass is 9.91. The number of benzene rings is 3. The summed E-state index contributed by atoms with van der Waals surface area (Å²) in [6, 6.07) is 22.8. The molecule has 2 aliphatic rings. The molecule has 3 aromatic carbocycles. The molecule has 5 N–H and O–H groups in total. The lowest BCUT2D eigenvalue weighted by molar-refractivity contribution is -0.157. The van der Waals surface area contributed by atoms with Crippen molar-refractivity contribution in [3.63, 3.8) is 0 Å². The van der Waals surface area contributed by atoms with E-state index in [1.165, 1.54) is 13.2 Å². The van der Waals surface area contributed by atoms with Crippen molar-refractivity contribution in [1.29, 1.82) is 0 Å². The Labute approximate surface area is 337 Å². The maximum atomic E-state index is 14.0. The maximum Gasteiger partial charge on any atom is 0.338 e. The van der Waals surface area contributed by atoms with Crippen LogP contribution in [0.5, 0.6) is 0 Å². The van der Waals surface area contributed by atoms with Gasteiger partial charge in [0.25, 0.3) is 0 Å². The van der Waals surface area contributed by atoms with Crippen molar-refractivity contribution >= 4 is 29.8 Å². The Hall–Kier alpha value is -5.38. The van der Waals surface area contributed by atoms with Gasteiger partial charge in [0.15, 0.2) is 0 Å². The van der Waals surface area contributed by atoms with E-state index in [1.807, 2.05) is 60.7 Å². The van der Waals surface area contributed by atoms with Crippen molar-refractivity contribution < 1.29 is 58.2 Å². The lowest BCUT2D eigenvalue weighted by Gasteiger charge is -2.32. The van der Waals surface area contributed by atoms with Crippen LogP contribution >= 0.6 is 0 Å². The number of carbonyl (C=O) groups excluding carboxylic acids is 4. The number of hydrogen-bond acceptors (Lipinski definition) is 12. The Kier molecular flexibility index (Phi) is 15.0. The number of amides is 2. The molecule has 58 heavy (non-hydrogen) atoms. The lowest BCUT2D eigenvalue weighted by Crippen LogP contribution is -2.55. The Balaban J connectivity index is 1.39. The van der Waals surface area contributed by atoms with E-state index in [0.29, 0.717) is 11.1 Å². The van der Waals surface area contributed by atoms with Crippen molar-refractivity contribution in [2.24, 2.45) is 0 Å². The van der Waals surface area contributed by atoms with Crippen LogP contribution in [0, 0.1) is 0 Å². The molecule has 1 aliphatic carbocycles. The van der Waals surface area contributed by atoms with E-state index in [9.17, 15) is 29.4 Å². The first-order chi connectivity index (χ1) is 27.7. The van der Waals surface area contributed by atoms with Crippen LogP contribution in [0.3, 0.4) is 0 Å². The zero-order valence-electron chi connectivity index (χ0n) is 33.0. The molecule has 0 spiro atoms. The van der Waals surface area contributed by atoms with E-state index in [1.54, 1.807) is 57.2 Å². The average molecular weight is 801 g/mol. The second-order valence-corrected chi connectivity index (χ2v) is 15.1. The Morgan fingerprint density at radius 3 is 2.12 bits per heavy atom. The first kappa shape index (κ1) is 43.7. The summed E-state index contributed by atoms with van der Waals surface area (Å²) in [7, 11) is 0. The zero-order chi connectivity index (χ0) is 41.9. The normalized spacial score (nSPS) is 20.2. The minimum atomic E-state index is -1.46. The number of fused-ring (bicyclic) bond motifs is 1. The summed E-state index contributed by atoms with van der Waals surface area (Å²) < 4.78 is 30.1. The number of rotatable bonds is 17. The molecule has 0 aromatic heterocycles. The highest BCUT2D eigenvalue weighted by Crippen LogP contribution is 2.47. The molecule has 14 nitrogen and oxygen atoms in total. The summed E-state index contributed by atoms with van der Waals surface area (Å²) >= 11 is 0. The number of carbonyl (C=O) groups is 4. The monoisotopic (exact) mass is 800 g/mol. The van der Waals surface area contributed by atoms with Crippen molar-refractivity contribution in [2.45, 2.75) is 94.8 Å². The molecule has 1 aliphatic heterocycles. The molecular weight excluding hydrogens is 748 g/mol. The van der Waals surface area contributed by atoms with Gasteiger partial charge in [0.1, 0.15) is 36.6 Å². The van der Waals surface area contributed by atoms with Crippen molar-refractivity contribution in [3.8, 4) is 0 Å². The number of nitrogens with one attached hydrogen (secondary N) is 2.